The van der Waals surface area contributed by atoms with Crippen LogP contribution in [0.3, 0.4) is 0 Å². The molecule has 0 aliphatic carbocycles. The lowest BCUT2D eigenvalue weighted by Crippen LogP contribution is -2.42. The number of nitrogens with zero attached hydrogens (tertiary/aromatic N) is 2. The quantitative estimate of drug-likeness (QED) is 0.870. The SMILES string of the molecule is Cc1cc(CC(=O)N2CCO[C@@H](c3ccc(Cl)s3)C2)no1. The first kappa shape index (κ1) is 14.6. The summed E-state index contributed by atoms with van der Waals surface area (Å²) in [6.45, 7) is 3.49. The molecule has 1 atom stereocenters. The molecular weight excluding hydrogens is 312 g/mol. The second-order valence-corrected chi connectivity index (χ2v) is 6.69. The largest absolute Gasteiger partial charge is 0.369 e. The molecule has 0 bridgehead atoms. The Morgan fingerprint density at radius 1 is 1.57 bits per heavy atom. The predicted molar refractivity (Wildman–Crippen MR) is 79.5 cm³/mol. The molecule has 0 unspecified atom stereocenters. The Morgan fingerprint density at radius 3 is 3.10 bits per heavy atom. The molecule has 21 heavy (non-hydrogen) atoms. The van der Waals surface area contributed by atoms with E-state index in [4.69, 9.17) is 20.9 Å². The summed E-state index contributed by atoms with van der Waals surface area (Å²) in [5.74, 6) is 0.755. The highest BCUT2D eigenvalue weighted by atomic mass is 35.5. The Kier molecular flexibility index (Phi) is 4.28. The highest BCUT2D eigenvalue weighted by Gasteiger charge is 2.26. The molecule has 0 N–H and O–H groups in total. The van der Waals surface area contributed by atoms with E-state index in [9.17, 15) is 4.79 Å². The summed E-state index contributed by atoms with van der Waals surface area (Å²) in [4.78, 5) is 15.2. The number of aromatic nitrogens is 1. The standard InChI is InChI=1S/C14H15ClN2O3S/c1-9-6-10(16-20-9)7-14(18)17-4-5-19-11(8-17)12-2-3-13(15)21-12/h2-3,6,11H,4-5,7-8H2,1H3/t11-/m1/s1. The summed E-state index contributed by atoms with van der Waals surface area (Å²) >= 11 is 7.44. The van der Waals surface area contributed by atoms with Crippen LogP contribution in [0, 0.1) is 6.92 Å². The third-order valence-electron chi connectivity index (χ3n) is 3.34. The van der Waals surface area contributed by atoms with Crippen molar-refractivity contribution in [3.8, 4) is 0 Å². The third kappa shape index (κ3) is 3.45. The van der Waals surface area contributed by atoms with Crippen LogP contribution in [0.2, 0.25) is 4.34 Å². The van der Waals surface area contributed by atoms with E-state index in [1.165, 1.54) is 11.3 Å². The van der Waals surface area contributed by atoms with Crippen LogP contribution in [0.4, 0.5) is 0 Å². The van der Waals surface area contributed by atoms with Crippen molar-refractivity contribution in [2.45, 2.75) is 19.4 Å². The van der Waals surface area contributed by atoms with Crippen LogP contribution in [0.15, 0.2) is 22.7 Å². The Hall–Kier alpha value is -1.37. The Labute approximate surface area is 131 Å². The second kappa shape index (κ2) is 6.17. The van der Waals surface area contributed by atoms with Gasteiger partial charge in [0.1, 0.15) is 11.9 Å². The molecule has 0 aromatic carbocycles. The molecule has 1 aliphatic rings. The molecule has 112 valence electrons. The number of rotatable bonds is 3. The van der Waals surface area contributed by atoms with E-state index in [0.717, 1.165) is 9.21 Å². The molecule has 0 spiro atoms. The topological polar surface area (TPSA) is 55.6 Å². The zero-order chi connectivity index (χ0) is 14.8. The van der Waals surface area contributed by atoms with Crippen molar-refractivity contribution in [3.05, 3.63) is 38.9 Å². The van der Waals surface area contributed by atoms with Crippen molar-refractivity contribution in [2.75, 3.05) is 19.7 Å². The van der Waals surface area contributed by atoms with Gasteiger partial charge in [0.2, 0.25) is 5.91 Å². The minimum Gasteiger partial charge on any atom is -0.369 e. The molecule has 1 fully saturated rings. The van der Waals surface area contributed by atoms with Gasteiger partial charge < -0.3 is 14.2 Å². The van der Waals surface area contributed by atoms with E-state index in [2.05, 4.69) is 5.16 Å². The van der Waals surface area contributed by atoms with Crippen LogP contribution in [-0.2, 0) is 16.0 Å². The van der Waals surface area contributed by atoms with Gasteiger partial charge in [-0.2, -0.15) is 0 Å². The van der Waals surface area contributed by atoms with Crippen LogP contribution in [0.25, 0.3) is 0 Å². The van der Waals surface area contributed by atoms with Crippen LogP contribution in [-0.4, -0.2) is 35.7 Å². The fraction of sp³-hybridized carbons (Fsp3) is 0.429. The molecule has 1 amide bonds. The van der Waals surface area contributed by atoms with E-state index in [1.807, 2.05) is 24.0 Å². The smallest absolute Gasteiger partial charge is 0.228 e. The van der Waals surface area contributed by atoms with Gasteiger partial charge in [0.05, 0.1) is 29.6 Å². The fourth-order valence-corrected chi connectivity index (χ4v) is 3.42. The minimum atomic E-state index is -0.0979. The molecule has 2 aromatic rings. The summed E-state index contributed by atoms with van der Waals surface area (Å²) < 4.78 is 11.5. The summed E-state index contributed by atoms with van der Waals surface area (Å²) in [7, 11) is 0. The zero-order valence-electron chi connectivity index (χ0n) is 11.5. The summed E-state index contributed by atoms with van der Waals surface area (Å²) in [6, 6.07) is 5.59. The number of carbonyl (C=O) groups is 1. The Morgan fingerprint density at radius 2 is 2.43 bits per heavy atom. The Balaban J connectivity index is 1.64. The number of ether oxygens (including phenoxy) is 1. The second-order valence-electron chi connectivity index (χ2n) is 4.95. The maximum atomic E-state index is 12.3. The number of halogens is 1. The molecule has 1 aliphatic heterocycles. The molecule has 5 nitrogen and oxygen atoms in total. The van der Waals surface area contributed by atoms with Crippen LogP contribution in [0.5, 0.6) is 0 Å². The van der Waals surface area contributed by atoms with Gasteiger partial charge in [-0.15, -0.1) is 11.3 Å². The van der Waals surface area contributed by atoms with Crippen molar-refractivity contribution >= 4 is 28.8 Å². The highest BCUT2D eigenvalue weighted by molar-refractivity contribution is 7.16. The molecule has 0 radical (unpaired) electrons. The van der Waals surface area contributed by atoms with Gasteiger partial charge in [0.25, 0.3) is 0 Å². The number of thiophene rings is 1. The molecule has 2 aromatic heterocycles. The van der Waals surface area contributed by atoms with E-state index >= 15 is 0 Å². The molecule has 0 saturated carbocycles. The lowest BCUT2D eigenvalue weighted by Gasteiger charge is -2.32. The first-order valence-electron chi connectivity index (χ1n) is 6.68. The van der Waals surface area contributed by atoms with Gasteiger partial charge in [0.15, 0.2) is 0 Å². The number of amides is 1. The molecular formula is C14H15ClN2O3S. The summed E-state index contributed by atoms with van der Waals surface area (Å²) in [6.07, 6.45) is 0.161. The number of aryl methyl sites for hydroxylation is 1. The first-order chi connectivity index (χ1) is 10.1. The molecule has 3 rings (SSSR count). The first-order valence-corrected chi connectivity index (χ1v) is 7.88. The van der Waals surface area contributed by atoms with Gasteiger partial charge in [-0.3, -0.25) is 4.79 Å². The van der Waals surface area contributed by atoms with Crippen molar-refractivity contribution in [3.63, 3.8) is 0 Å². The average Bonchev–Trinajstić information content (AvgIpc) is 3.08. The summed E-state index contributed by atoms with van der Waals surface area (Å²) in [5.41, 5.74) is 0.666. The summed E-state index contributed by atoms with van der Waals surface area (Å²) in [5, 5.41) is 3.86. The number of hydrogen-bond acceptors (Lipinski definition) is 5. The van der Waals surface area contributed by atoms with Crippen molar-refractivity contribution in [1.29, 1.82) is 0 Å². The highest BCUT2D eigenvalue weighted by Crippen LogP contribution is 2.31. The monoisotopic (exact) mass is 326 g/mol. The van der Waals surface area contributed by atoms with Crippen molar-refractivity contribution < 1.29 is 14.1 Å². The van der Waals surface area contributed by atoms with E-state index in [0.29, 0.717) is 31.2 Å². The van der Waals surface area contributed by atoms with E-state index in [-0.39, 0.29) is 18.4 Å². The minimum absolute atomic E-state index is 0.0410. The van der Waals surface area contributed by atoms with Gasteiger partial charge in [-0.1, -0.05) is 16.8 Å². The van der Waals surface area contributed by atoms with Crippen LogP contribution in [0.1, 0.15) is 22.4 Å². The van der Waals surface area contributed by atoms with E-state index < -0.39 is 0 Å². The molecule has 7 heteroatoms. The van der Waals surface area contributed by atoms with Gasteiger partial charge in [-0.25, -0.2) is 0 Å². The predicted octanol–water partition coefficient (Wildman–Crippen LogP) is 2.84. The molecule has 1 saturated heterocycles. The Bertz CT molecular complexity index is 640. The normalized spacial score (nSPS) is 19.0. The van der Waals surface area contributed by atoms with Crippen LogP contribution >= 0.6 is 22.9 Å². The van der Waals surface area contributed by atoms with Crippen molar-refractivity contribution in [1.82, 2.24) is 10.1 Å². The lowest BCUT2D eigenvalue weighted by molar-refractivity contribution is -0.138. The maximum Gasteiger partial charge on any atom is 0.228 e. The average molecular weight is 327 g/mol. The lowest BCUT2D eigenvalue weighted by atomic mass is 10.2. The van der Waals surface area contributed by atoms with Crippen LogP contribution < -0.4 is 0 Å². The fourth-order valence-electron chi connectivity index (χ4n) is 2.32. The molecule has 3 heterocycles. The number of carbonyl (C=O) groups excluding carboxylic acids is 1. The van der Waals surface area contributed by atoms with Gasteiger partial charge in [0, 0.05) is 17.5 Å². The zero-order valence-corrected chi connectivity index (χ0v) is 13.1. The maximum absolute atomic E-state index is 12.3. The van der Waals surface area contributed by atoms with Gasteiger partial charge in [-0.05, 0) is 19.1 Å². The third-order valence-corrected chi connectivity index (χ3v) is 4.66. The van der Waals surface area contributed by atoms with Gasteiger partial charge >= 0.3 is 0 Å². The van der Waals surface area contributed by atoms with E-state index in [1.54, 1.807) is 6.07 Å². The number of morpholine rings is 1. The number of hydrogen-bond donors (Lipinski definition) is 0. The van der Waals surface area contributed by atoms with Crippen molar-refractivity contribution in [2.24, 2.45) is 0 Å².